The zero-order chi connectivity index (χ0) is 12.8. The van der Waals surface area contributed by atoms with E-state index in [0.29, 0.717) is 5.75 Å². The number of rotatable bonds is 5. The molecule has 0 atom stereocenters. The van der Waals surface area contributed by atoms with Crippen molar-refractivity contribution in [3.05, 3.63) is 54.1 Å². The first-order valence-corrected chi connectivity index (χ1v) is 6.26. The lowest BCUT2D eigenvalue weighted by atomic mass is 10.0. The summed E-state index contributed by atoms with van der Waals surface area (Å²) in [5.74, 6) is 0.684. The normalized spacial score (nSPS) is 10.1. The Labute approximate surface area is 109 Å². The van der Waals surface area contributed by atoms with Gasteiger partial charge in [-0.15, -0.1) is 0 Å². The Morgan fingerprint density at radius 3 is 2.00 bits per heavy atom. The lowest BCUT2D eigenvalue weighted by Gasteiger charge is -2.06. The van der Waals surface area contributed by atoms with Crippen molar-refractivity contribution in [1.29, 1.82) is 0 Å². The fourth-order valence-electron chi connectivity index (χ4n) is 1.97. The molecule has 0 saturated carbocycles. The van der Waals surface area contributed by atoms with Crippen molar-refractivity contribution in [2.45, 2.75) is 19.8 Å². The van der Waals surface area contributed by atoms with E-state index < -0.39 is 0 Å². The van der Waals surface area contributed by atoms with Crippen LogP contribution in [0.4, 0.5) is 0 Å². The van der Waals surface area contributed by atoms with E-state index in [9.17, 15) is 0 Å². The van der Waals surface area contributed by atoms with Crippen LogP contribution in [0.5, 0.6) is 5.75 Å². The van der Waals surface area contributed by atoms with E-state index in [1.807, 2.05) is 24.3 Å². The molecule has 2 nitrogen and oxygen atoms in total. The third kappa shape index (κ3) is 3.14. The third-order valence-corrected chi connectivity index (χ3v) is 2.91. The van der Waals surface area contributed by atoms with Gasteiger partial charge in [-0.1, -0.05) is 49.7 Å². The maximum absolute atomic E-state index is 8.66. The molecule has 2 aromatic rings. The average Bonchev–Trinajstić information content (AvgIpc) is 2.41. The van der Waals surface area contributed by atoms with Gasteiger partial charge in [-0.2, -0.15) is 0 Å². The molecule has 18 heavy (non-hydrogen) atoms. The van der Waals surface area contributed by atoms with Crippen LogP contribution in [0.15, 0.2) is 48.5 Å². The molecule has 0 amide bonds. The smallest absolute Gasteiger partial charge is 0.504 e. The lowest BCUT2D eigenvalue weighted by Crippen LogP contribution is -1.99. The minimum atomic E-state index is -0.287. The summed E-state index contributed by atoms with van der Waals surface area (Å²) in [6.45, 7) is 2.19. The first kappa shape index (κ1) is 12.7. The summed E-state index contributed by atoms with van der Waals surface area (Å²) in [4.78, 5) is 0. The molecule has 0 saturated heterocycles. The Morgan fingerprint density at radius 2 is 1.50 bits per heavy atom. The summed E-state index contributed by atoms with van der Waals surface area (Å²) in [5, 5.41) is 8.66. The second-order valence-electron chi connectivity index (χ2n) is 4.24. The molecule has 1 N–H and O–H groups in total. The molecule has 0 heterocycles. The van der Waals surface area contributed by atoms with Gasteiger partial charge < -0.3 is 9.68 Å². The number of hydrogen-bond acceptors (Lipinski definition) is 2. The van der Waals surface area contributed by atoms with Crippen LogP contribution >= 0.6 is 0 Å². The minimum Gasteiger partial charge on any atom is -0.539 e. The monoisotopic (exact) mass is 240 g/mol. The molecule has 0 aliphatic carbocycles. The van der Waals surface area contributed by atoms with Gasteiger partial charge in [0.15, 0.2) is 0 Å². The Morgan fingerprint density at radius 1 is 0.944 bits per heavy atom. The number of benzene rings is 2. The molecular weight excluding hydrogens is 223 g/mol. The predicted molar refractivity (Wildman–Crippen MR) is 75.9 cm³/mol. The van der Waals surface area contributed by atoms with Crippen molar-refractivity contribution in [1.82, 2.24) is 0 Å². The number of hydrogen-bond donors (Lipinski definition) is 1. The summed E-state index contributed by atoms with van der Waals surface area (Å²) in [5.41, 5.74) is 3.73. The highest BCUT2D eigenvalue weighted by atomic mass is 16.5. The molecule has 0 aliphatic heterocycles. The van der Waals surface area contributed by atoms with E-state index in [0.717, 1.165) is 12.0 Å². The van der Waals surface area contributed by atoms with Crippen LogP contribution < -0.4 is 4.65 Å². The van der Waals surface area contributed by atoms with Crippen LogP contribution in [-0.4, -0.2) is 12.7 Å². The maximum Gasteiger partial charge on any atom is 0.504 e. The molecular formula is C15H17BO2. The van der Waals surface area contributed by atoms with Gasteiger partial charge >= 0.3 is 7.69 Å². The van der Waals surface area contributed by atoms with E-state index in [2.05, 4.69) is 31.2 Å². The van der Waals surface area contributed by atoms with E-state index in [1.54, 1.807) is 0 Å². The molecule has 0 fully saturated rings. The van der Waals surface area contributed by atoms with E-state index in [4.69, 9.17) is 9.68 Å². The second-order valence-corrected chi connectivity index (χ2v) is 4.24. The maximum atomic E-state index is 8.66. The molecule has 0 aliphatic rings. The molecule has 0 spiro atoms. The lowest BCUT2D eigenvalue weighted by molar-refractivity contribution is 0.454. The summed E-state index contributed by atoms with van der Waals surface area (Å²) < 4.78 is 5.00. The van der Waals surface area contributed by atoms with Crippen molar-refractivity contribution in [3.8, 4) is 16.9 Å². The number of aryl methyl sites for hydroxylation is 1. The van der Waals surface area contributed by atoms with Crippen molar-refractivity contribution >= 4 is 7.69 Å². The van der Waals surface area contributed by atoms with Crippen LogP contribution in [0, 0.1) is 0 Å². The largest absolute Gasteiger partial charge is 0.539 e. The van der Waals surface area contributed by atoms with Crippen LogP contribution in [-0.2, 0) is 6.42 Å². The molecule has 92 valence electrons. The SMILES string of the molecule is CCCc1ccc(-c2ccc(OBO)cc2)cc1. The van der Waals surface area contributed by atoms with Gasteiger partial charge in [-0.25, -0.2) is 0 Å². The fourth-order valence-corrected chi connectivity index (χ4v) is 1.97. The molecule has 2 aromatic carbocycles. The van der Waals surface area contributed by atoms with E-state index in [1.165, 1.54) is 17.5 Å². The van der Waals surface area contributed by atoms with Crippen molar-refractivity contribution in [2.75, 3.05) is 0 Å². The van der Waals surface area contributed by atoms with Crippen LogP contribution in [0.25, 0.3) is 11.1 Å². The zero-order valence-electron chi connectivity index (χ0n) is 10.6. The third-order valence-electron chi connectivity index (χ3n) is 2.91. The van der Waals surface area contributed by atoms with Gasteiger partial charge in [0.1, 0.15) is 5.75 Å². The Bertz CT molecular complexity index is 429. The second kappa shape index (κ2) is 6.27. The summed E-state index contributed by atoms with van der Waals surface area (Å²) in [6, 6.07) is 16.4. The topological polar surface area (TPSA) is 29.5 Å². The van der Waals surface area contributed by atoms with Crippen LogP contribution in [0.1, 0.15) is 18.9 Å². The molecule has 0 bridgehead atoms. The predicted octanol–water partition coefficient (Wildman–Crippen LogP) is 2.94. The van der Waals surface area contributed by atoms with E-state index in [-0.39, 0.29) is 7.69 Å². The first-order chi connectivity index (χ1) is 8.83. The Balaban J connectivity index is 2.15. The van der Waals surface area contributed by atoms with Crippen LogP contribution in [0.2, 0.25) is 0 Å². The van der Waals surface area contributed by atoms with Gasteiger partial charge in [0, 0.05) is 0 Å². The highest BCUT2D eigenvalue weighted by Gasteiger charge is 1.99. The molecule has 2 rings (SSSR count). The zero-order valence-corrected chi connectivity index (χ0v) is 10.6. The Kier molecular flexibility index (Phi) is 4.43. The van der Waals surface area contributed by atoms with Crippen molar-refractivity contribution < 1.29 is 9.68 Å². The molecule has 0 radical (unpaired) electrons. The van der Waals surface area contributed by atoms with Crippen LogP contribution in [0.3, 0.4) is 0 Å². The van der Waals surface area contributed by atoms with Crippen molar-refractivity contribution in [2.24, 2.45) is 0 Å². The Hall–Kier alpha value is -1.74. The van der Waals surface area contributed by atoms with E-state index >= 15 is 0 Å². The summed E-state index contributed by atoms with van der Waals surface area (Å²) in [7, 11) is -0.287. The first-order valence-electron chi connectivity index (χ1n) is 6.26. The minimum absolute atomic E-state index is 0.287. The highest BCUT2D eigenvalue weighted by Crippen LogP contribution is 2.22. The highest BCUT2D eigenvalue weighted by molar-refractivity contribution is 6.17. The fraction of sp³-hybridized carbons (Fsp3) is 0.200. The summed E-state index contributed by atoms with van der Waals surface area (Å²) in [6.07, 6.45) is 2.30. The van der Waals surface area contributed by atoms with Gasteiger partial charge in [-0.3, -0.25) is 0 Å². The molecule has 0 aromatic heterocycles. The van der Waals surface area contributed by atoms with Gasteiger partial charge in [-0.05, 0) is 35.2 Å². The average molecular weight is 240 g/mol. The molecule has 0 unspecified atom stereocenters. The standard InChI is InChI=1S/C15H17BO2/c1-2-3-12-4-6-13(7-5-12)14-8-10-15(11-9-14)18-16-17/h4-11,16-17H,2-3H2,1H3. The summed E-state index contributed by atoms with van der Waals surface area (Å²) >= 11 is 0. The van der Waals surface area contributed by atoms with Crippen molar-refractivity contribution in [3.63, 3.8) is 0 Å². The quantitative estimate of drug-likeness (QED) is 0.814. The molecule has 3 heteroatoms. The van der Waals surface area contributed by atoms with Gasteiger partial charge in [0.25, 0.3) is 0 Å². The van der Waals surface area contributed by atoms with Gasteiger partial charge in [0.2, 0.25) is 0 Å². The van der Waals surface area contributed by atoms with Gasteiger partial charge in [0.05, 0.1) is 0 Å².